The Hall–Kier alpha value is -3.15. The summed E-state index contributed by atoms with van der Waals surface area (Å²) in [5.74, 6) is -0.252. The van der Waals surface area contributed by atoms with E-state index in [1.54, 1.807) is 18.3 Å². The van der Waals surface area contributed by atoms with E-state index >= 15 is 0 Å². The first-order valence-corrected chi connectivity index (χ1v) is 10.8. The zero-order valence-electron chi connectivity index (χ0n) is 19.3. The normalized spacial score (nSPS) is 13.9. The summed E-state index contributed by atoms with van der Waals surface area (Å²) in [4.78, 5) is 17.8. The molecule has 3 nitrogen and oxygen atoms in total. The van der Waals surface area contributed by atoms with E-state index < -0.39 is 17.3 Å². The molecule has 2 aromatic carbocycles. The molecule has 1 atom stereocenters. The van der Waals surface area contributed by atoms with Crippen LogP contribution in [0.25, 0.3) is 0 Å². The van der Waals surface area contributed by atoms with Crippen LogP contribution in [0, 0.1) is 12.3 Å². The van der Waals surface area contributed by atoms with Gasteiger partial charge in [0.2, 0.25) is 5.91 Å². The lowest BCUT2D eigenvalue weighted by Gasteiger charge is -2.36. The maximum atomic E-state index is 13.6. The van der Waals surface area contributed by atoms with Crippen LogP contribution in [0.15, 0.2) is 72.9 Å². The predicted molar refractivity (Wildman–Crippen MR) is 124 cm³/mol. The van der Waals surface area contributed by atoms with Crippen LogP contribution in [-0.2, 0) is 22.9 Å². The molecular formula is C27H29F3N2O. The second-order valence-electron chi connectivity index (χ2n) is 9.65. The molecule has 0 saturated carbocycles. The second kappa shape index (κ2) is 9.38. The van der Waals surface area contributed by atoms with Crippen molar-refractivity contribution in [3.05, 3.63) is 101 Å². The quantitative estimate of drug-likeness (QED) is 0.465. The third-order valence-electron chi connectivity index (χ3n) is 5.39. The summed E-state index contributed by atoms with van der Waals surface area (Å²) in [6.07, 6.45) is -2.38. The summed E-state index contributed by atoms with van der Waals surface area (Å²) >= 11 is 0. The fourth-order valence-electron chi connectivity index (χ4n) is 3.87. The van der Waals surface area contributed by atoms with Crippen LogP contribution in [0.5, 0.6) is 0 Å². The van der Waals surface area contributed by atoms with Crippen LogP contribution in [0.3, 0.4) is 0 Å². The van der Waals surface area contributed by atoms with Crippen LogP contribution in [0.2, 0.25) is 0 Å². The molecule has 0 spiro atoms. The summed E-state index contributed by atoms with van der Waals surface area (Å²) in [7, 11) is 0. The van der Waals surface area contributed by atoms with Crippen LogP contribution in [0.4, 0.5) is 13.2 Å². The molecule has 0 aliphatic heterocycles. The van der Waals surface area contributed by atoms with Crippen LogP contribution >= 0.6 is 0 Å². The lowest BCUT2D eigenvalue weighted by molar-refractivity contribution is -0.137. The standard InChI is InChI=1S/C27H29F3N2O/c1-19-13-14-23(31-18-19)26(16-20-9-6-5-7-10-20,32-24(33)17-25(2,3)4)21-11-8-12-22(15-21)27(28,29)30/h5-15,18H,16-17H2,1-4H3,(H,32,33). The van der Waals surface area contributed by atoms with Crippen molar-refractivity contribution in [1.29, 1.82) is 0 Å². The highest BCUT2D eigenvalue weighted by Gasteiger charge is 2.40. The maximum absolute atomic E-state index is 13.6. The topological polar surface area (TPSA) is 42.0 Å². The van der Waals surface area contributed by atoms with Gasteiger partial charge in [0.1, 0.15) is 5.54 Å². The average Bonchev–Trinajstić information content (AvgIpc) is 2.72. The number of halogens is 3. The molecule has 174 valence electrons. The zero-order chi connectivity index (χ0) is 24.3. The number of rotatable bonds is 6. The number of nitrogens with one attached hydrogen (secondary N) is 1. The molecule has 0 radical (unpaired) electrons. The van der Waals surface area contributed by atoms with E-state index in [0.717, 1.165) is 23.3 Å². The number of carbonyl (C=O) groups excluding carboxylic acids is 1. The van der Waals surface area contributed by atoms with Crippen molar-refractivity contribution in [3.63, 3.8) is 0 Å². The maximum Gasteiger partial charge on any atom is 0.416 e. The fraction of sp³-hybridized carbons (Fsp3) is 0.333. The van der Waals surface area contributed by atoms with Crippen LogP contribution < -0.4 is 5.32 Å². The van der Waals surface area contributed by atoms with E-state index in [4.69, 9.17) is 0 Å². The molecule has 6 heteroatoms. The van der Waals surface area contributed by atoms with Gasteiger partial charge in [0.15, 0.2) is 0 Å². The van der Waals surface area contributed by atoms with Gasteiger partial charge in [-0.1, -0.05) is 69.3 Å². The Morgan fingerprint density at radius 3 is 2.15 bits per heavy atom. The van der Waals surface area contributed by atoms with Crippen molar-refractivity contribution in [3.8, 4) is 0 Å². The minimum atomic E-state index is -4.51. The molecule has 1 unspecified atom stereocenters. The van der Waals surface area contributed by atoms with Crippen molar-refractivity contribution in [2.24, 2.45) is 5.41 Å². The second-order valence-corrected chi connectivity index (χ2v) is 9.65. The number of alkyl halides is 3. The molecule has 3 aromatic rings. The number of aromatic nitrogens is 1. The highest BCUT2D eigenvalue weighted by atomic mass is 19.4. The molecule has 0 aliphatic rings. The van der Waals surface area contributed by atoms with Crippen molar-refractivity contribution in [2.45, 2.75) is 52.3 Å². The SMILES string of the molecule is Cc1ccc(C(Cc2ccccc2)(NC(=O)CC(C)(C)C)c2cccc(C(F)(F)F)c2)nc1. The van der Waals surface area contributed by atoms with E-state index in [-0.39, 0.29) is 24.2 Å². The minimum absolute atomic E-state index is 0.217. The number of benzene rings is 2. The van der Waals surface area contributed by atoms with E-state index in [9.17, 15) is 18.0 Å². The molecule has 0 fully saturated rings. The Labute approximate surface area is 193 Å². The molecule has 1 aromatic heterocycles. The zero-order valence-corrected chi connectivity index (χ0v) is 19.3. The van der Waals surface area contributed by atoms with Gasteiger partial charge in [0.25, 0.3) is 0 Å². The smallest absolute Gasteiger partial charge is 0.341 e. The van der Waals surface area contributed by atoms with Gasteiger partial charge in [0, 0.05) is 19.0 Å². The lowest BCUT2D eigenvalue weighted by Crippen LogP contribution is -2.50. The molecule has 1 amide bonds. The summed E-state index contributed by atoms with van der Waals surface area (Å²) in [5.41, 5.74) is 0.258. The Morgan fingerprint density at radius 1 is 0.909 bits per heavy atom. The number of carbonyl (C=O) groups is 1. The van der Waals surface area contributed by atoms with Crippen LogP contribution in [-0.4, -0.2) is 10.9 Å². The predicted octanol–water partition coefficient (Wildman–Crippen LogP) is 6.45. The number of nitrogens with zero attached hydrogens (tertiary/aromatic N) is 1. The summed E-state index contributed by atoms with van der Waals surface area (Å²) in [6, 6.07) is 18.2. The van der Waals surface area contributed by atoms with Crippen LogP contribution in [0.1, 0.15) is 55.1 Å². The minimum Gasteiger partial charge on any atom is -0.341 e. The number of aryl methyl sites for hydroxylation is 1. The highest BCUT2D eigenvalue weighted by molar-refractivity contribution is 5.78. The number of hydrogen-bond acceptors (Lipinski definition) is 2. The van der Waals surface area contributed by atoms with Crippen molar-refractivity contribution in [1.82, 2.24) is 10.3 Å². The van der Waals surface area contributed by atoms with E-state index in [2.05, 4.69) is 10.3 Å². The summed E-state index contributed by atoms with van der Waals surface area (Å²) in [5, 5.41) is 3.10. The molecule has 3 rings (SSSR count). The molecule has 1 heterocycles. The van der Waals surface area contributed by atoms with Gasteiger partial charge in [0.05, 0.1) is 11.3 Å². The third-order valence-corrected chi connectivity index (χ3v) is 5.39. The van der Waals surface area contributed by atoms with Gasteiger partial charge in [-0.2, -0.15) is 13.2 Å². The first-order chi connectivity index (χ1) is 15.4. The lowest BCUT2D eigenvalue weighted by atomic mass is 9.79. The largest absolute Gasteiger partial charge is 0.416 e. The fourth-order valence-corrected chi connectivity index (χ4v) is 3.87. The van der Waals surface area contributed by atoms with E-state index in [0.29, 0.717) is 11.3 Å². The van der Waals surface area contributed by atoms with Gasteiger partial charge in [-0.25, -0.2) is 0 Å². The molecule has 0 aliphatic carbocycles. The van der Waals surface area contributed by atoms with Gasteiger partial charge in [-0.15, -0.1) is 0 Å². The van der Waals surface area contributed by atoms with Gasteiger partial charge in [-0.05, 0) is 47.2 Å². The molecule has 0 bridgehead atoms. The molecule has 33 heavy (non-hydrogen) atoms. The van der Waals surface area contributed by atoms with Crippen molar-refractivity contribution in [2.75, 3.05) is 0 Å². The molecular weight excluding hydrogens is 425 g/mol. The Bertz CT molecular complexity index is 1090. The Balaban J connectivity index is 2.24. The highest BCUT2D eigenvalue weighted by Crippen LogP contribution is 2.37. The Morgan fingerprint density at radius 2 is 1.58 bits per heavy atom. The van der Waals surface area contributed by atoms with E-state index in [1.165, 1.54) is 6.07 Å². The summed E-state index contributed by atoms with van der Waals surface area (Å²) < 4.78 is 40.9. The first kappa shape index (κ1) is 24.5. The van der Waals surface area contributed by atoms with E-state index in [1.807, 2.05) is 64.1 Å². The van der Waals surface area contributed by atoms with Gasteiger partial charge >= 0.3 is 6.18 Å². The molecule has 1 N–H and O–H groups in total. The summed E-state index contributed by atoms with van der Waals surface area (Å²) in [6.45, 7) is 7.72. The number of hydrogen-bond donors (Lipinski definition) is 1. The van der Waals surface area contributed by atoms with Crippen molar-refractivity contribution < 1.29 is 18.0 Å². The number of pyridine rings is 1. The first-order valence-electron chi connectivity index (χ1n) is 10.8. The van der Waals surface area contributed by atoms with Gasteiger partial charge in [-0.3, -0.25) is 9.78 Å². The third kappa shape index (κ3) is 6.21. The van der Waals surface area contributed by atoms with Crippen molar-refractivity contribution >= 4 is 5.91 Å². The number of amides is 1. The molecule has 0 saturated heterocycles. The Kier molecular flexibility index (Phi) is 6.96. The average molecular weight is 455 g/mol. The van der Waals surface area contributed by atoms with Gasteiger partial charge < -0.3 is 5.32 Å². The monoisotopic (exact) mass is 454 g/mol.